The van der Waals surface area contributed by atoms with Crippen LogP contribution >= 0.6 is 0 Å². The van der Waals surface area contributed by atoms with Gasteiger partial charge in [0.1, 0.15) is 17.4 Å². The number of carbonyl (C=O) groups is 2. The lowest BCUT2D eigenvalue weighted by atomic mass is 9.73. The van der Waals surface area contributed by atoms with E-state index in [1.165, 1.54) is 0 Å². The number of aromatic nitrogens is 1. The second-order valence-electron chi connectivity index (χ2n) is 9.93. The standard InChI is InChI=1S/C28H32N4O4/c1-17(31-22-15-19(35-3)14-18-9-6-12-30-25(18)22)8-7-13-32-27(34)24(26(29)33)21-16-28(32,2)36-23-11-5-4-10-20(21)23/h4-6,9-12,14-15,17,21,24,31H,7-8,13,16H2,1-3H3,(H2,29,33)/t17-,21-,24-,28+/m0/s1. The molecule has 8 nitrogen and oxygen atoms in total. The number of primary amides is 1. The molecule has 2 bridgehead atoms. The van der Waals surface area contributed by atoms with E-state index in [1.54, 1.807) is 18.2 Å². The van der Waals surface area contributed by atoms with Crippen molar-refractivity contribution in [2.75, 3.05) is 19.0 Å². The van der Waals surface area contributed by atoms with Gasteiger partial charge in [-0.15, -0.1) is 0 Å². The van der Waals surface area contributed by atoms with Gasteiger partial charge in [0.05, 0.1) is 18.3 Å². The molecule has 0 radical (unpaired) electrons. The number of hydrogen-bond acceptors (Lipinski definition) is 6. The summed E-state index contributed by atoms with van der Waals surface area (Å²) < 4.78 is 11.8. The molecule has 1 saturated heterocycles. The van der Waals surface area contributed by atoms with E-state index in [9.17, 15) is 9.59 Å². The maximum absolute atomic E-state index is 13.5. The maximum Gasteiger partial charge on any atom is 0.238 e. The van der Waals surface area contributed by atoms with Crippen molar-refractivity contribution < 1.29 is 19.1 Å². The summed E-state index contributed by atoms with van der Waals surface area (Å²) in [6.07, 6.45) is 3.84. The van der Waals surface area contributed by atoms with Gasteiger partial charge in [-0.2, -0.15) is 0 Å². The summed E-state index contributed by atoms with van der Waals surface area (Å²) in [4.78, 5) is 32.1. The molecule has 5 rings (SSSR count). The van der Waals surface area contributed by atoms with Gasteiger partial charge in [-0.1, -0.05) is 24.3 Å². The first kappa shape index (κ1) is 23.9. The zero-order valence-corrected chi connectivity index (χ0v) is 20.9. The molecule has 2 aromatic carbocycles. The van der Waals surface area contributed by atoms with Crippen LogP contribution in [0.15, 0.2) is 54.7 Å². The average Bonchev–Trinajstić information content (AvgIpc) is 2.85. The smallest absolute Gasteiger partial charge is 0.238 e. The first-order chi connectivity index (χ1) is 17.3. The summed E-state index contributed by atoms with van der Waals surface area (Å²) >= 11 is 0. The monoisotopic (exact) mass is 488 g/mol. The first-order valence-electron chi connectivity index (χ1n) is 12.4. The average molecular weight is 489 g/mol. The Bertz CT molecular complexity index is 1310. The molecule has 3 heterocycles. The van der Waals surface area contributed by atoms with Gasteiger partial charge in [0.25, 0.3) is 0 Å². The summed E-state index contributed by atoms with van der Waals surface area (Å²) in [5.74, 6) is -0.504. The number of nitrogens with zero attached hydrogens (tertiary/aromatic N) is 2. The summed E-state index contributed by atoms with van der Waals surface area (Å²) in [5, 5.41) is 4.55. The van der Waals surface area contributed by atoms with Crippen molar-refractivity contribution in [3.63, 3.8) is 0 Å². The number of ether oxygens (including phenoxy) is 2. The number of fused-ring (bicyclic) bond motifs is 5. The Labute approximate surface area is 210 Å². The van der Waals surface area contributed by atoms with Crippen molar-refractivity contribution in [3.8, 4) is 11.5 Å². The molecular weight excluding hydrogens is 456 g/mol. The van der Waals surface area contributed by atoms with E-state index in [4.69, 9.17) is 15.2 Å². The SMILES string of the molecule is COc1cc(N[C@@H](C)CCCN2C(=O)[C@H](C(N)=O)[C@H]3C[C@@]2(C)Oc2ccccc23)c2ncccc2c1. The summed E-state index contributed by atoms with van der Waals surface area (Å²) in [6.45, 7) is 4.50. The predicted octanol–water partition coefficient (Wildman–Crippen LogP) is 4.05. The number of hydrogen-bond donors (Lipinski definition) is 2. The third-order valence-corrected chi connectivity index (χ3v) is 7.39. The molecule has 0 unspecified atom stereocenters. The lowest BCUT2D eigenvalue weighted by molar-refractivity contribution is -0.175. The minimum Gasteiger partial charge on any atom is -0.497 e. The molecule has 2 amide bonds. The van der Waals surface area contributed by atoms with Gasteiger partial charge in [-0.05, 0) is 50.5 Å². The highest BCUT2D eigenvalue weighted by Gasteiger charge is 2.55. The lowest BCUT2D eigenvalue weighted by Gasteiger charge is -2.52. The quantitative estimate of drug-likeness (QED) is 0.463. The normalized spacial score (nSPS) is 23.5. The number of para-hydroxylation sites is 1. The summed E-state index contributed by atoms with van der Waals surface area (Å²) in [6, 6.07) is 15.6. The van der Waals surface area contributed by atoms with E-state index in [-0.39, 0.29) is 17.9 Å². The zero-order valence-electron chi connectivity index (χ0n) is 20.9. The van der Waals surface area contributed by atoms with E-state index in [2.05, 4.69) is 17.2 Å². The van der Waals surface area contributed by atoms with Crippen LogP contribution in [0.2, 0.25) is 0 Å². The van der Waals surface area contributed by atoms with Gasteiger partial charge < -0.3 is 25.4 Å². The Balaban J connectivity index is 1.30. The zero-order chi connectivity index (χ0) is 25.4. The van der Waals surface area contributed by atoms with Crippen molar-refractivity contribution in [2.24, 2.45) is 11.7 Å². The number of carbonyl (C=O) groups excluding carboxylic acids is 2. The molecular formula is C28H32N4O4. The van der Waals surface area contributed by atoms with Crippen molar-refractivity contribution in [1.29, 1.82) is 0 Å². The van der Waals surface area contributed by atoms with Crippen LogP contribution in [0.3, 0.4) is 0 Å². The van der Waals surface area contributed by atoms with Crippen molar-refractivity contribution in [1.82, 2.24) is 9.88 Å². The number of amides is 2. The van der Waals surface area contributed by atoms with E-state index in [1.807, 2.05) is 55.5 Å². The van der Waals surface area contributed by atoms with Crippen molar-refractivity contribution in [3.05, 3.63) is 60.3 Å². The molecule has 0 aliphatic carbocycles. The highest BCUT2D eigenvalue weighted by atomic mass is 16.5. The fourth-order valence-corrected chi connectivity index (χ4v) is 5.66. The van der Waals surface area contributed by atoms with Gasteiger partial charge in [0.15, 0.2) is 5.72 Å². The Hall–Kier alpha value is -3.81. The molecule has 3 aromatic rings. The Morgan fingerprint density at radius 2 is 2.11 bits per heavy atom. The number of nitrogens with two attached hydrogens (primary N) is 1. The highest BCUT2D eigenvalue weighted by molar-refractivity contribution is 6.01. The van der Waals surface area contributed by atoms with Gasteiger partial charge >= 0.3 is 0 Å². The van der Waals surface area contributed by atoms with Gasteiger partial charge in [0.2, 0.25) is 11.8 Å². The molecule has 188 valence electrons. The molecule has 36 heavy (non-hydrogen) atoms. The highest BCUT2D eigenvalue weighted by Crippen LogP contribution is 2.50. The molecule has 2 aliphatic heterocycles. The third-order valence-electron chi connectivity index (χ3n) is 7.39. The van der Waals surface area contributed by atoms with E-state index >= 15 is 0 Å². The van der Waals surface area contributed by atoms with Crippen LogP contribution in [0.25, 0.3) is 10.9 Å². The Morgan fingerprint density at radius 1 is 1.31 bits per heavy atom. The van der Waals surface area contributed by atoms with Crippen LogP contribution in [0.1, 0.15) is 44.6 Å². The topological polar surface area (TPSA) is 107 Å². The molecule has 4 atom stereocenters. The third kappa shape index (κ3) is 4.21. The van der Waals surface area contributed by atoms with Gasteiger partial charge in [0, 0.05) is 42.6 Å². The number of methoxy groups -OCH3 is 1. The van der Waals surface area contributed by atoms with Crippen LogP contribution in [0.4, 0.5) is 5.69 Å². The molecule has 0 spiro atoms. The number of nitrogens with one attached hydrogen (secondary N) is 1. The predicted molar refractivity (Wildman–Crippen MR) is 138 cm³/mol. The van der Waals surface area contributed by atoms with E-state index in [0.29, 0.717) is 18.7 Å². The Morgan fingerprint density at radius 3 is 2.89 bits per heavy atom. The van der Waals surface area contributed by atoms with Crippen LogP contribution in [-0.4, -0.2) is 47.1 Å². The molecule has 3 N–H and O–H groups in total. The van der Waals surface area contributed by atoms with Crippen LogP contribution in [0.5, 0.6) is 11.5 Å². The van der Waals surface area contributed by atoms with Crippen molar-refractivity contribution >= 4 is 28.4 Å². The fraction of sp³-hybridized carbons (Fsp3) is 0.393. The Kier molecular flexibility index (Phi) is 6.20. The first-order valence-corrected chi connectivity index (χ1v) is 12.4. The molecule has 1 aromatic heterocycles. The fourth-order valence-electron chi connectivity index (χ4n) is 5.66. The van der Waals surface area contributed by atoms with Crippen LogP contribution in [-0.2, 0) is 9.59 Å². The maximum atomic E-state index is 13.5. The van der Waals surface area contributed by atoms with Crippen LogP contribution in [0, 0.1) is 5.92 Å². The number of rotatable bonds is 8. The van der Waals surface area contributed by atoms with E-state index < -0.39 is 17.6 Å². The number of piperidine rings is 1. The number of anilines is 1. The van der Waals surface area contributed by atoms with Gasteiger partial charge in [-0.3, -0.25) is 14.6 Å². The minimum atomic E-state index is -0.882. The second-order valence-corrected chi connectivity index (χ2v) is 9.93. The number of pyridine rings is 1. The van der Waals surface area contributed by atoms with Crippen LogP contribution < -0.4 is 20.5 Å². The minimum absolute atomic E-state index is 0.114. The molecule has 2 aliphatic rings. The molecule has 0 saturated carbocycles. The second kappa shape index (κ2) is 9.33. The molecule has 8 heteroatoms. The lowest BCUT2D eigenvalue weighted by Crippen LogP contribution is -2.64. The largest absolute Gasteiger partial charge is 0.497 e. The number of likely N-dealkylation sites (tertiary alicyclic amines) is 1. The summed E-state index contributed by atoms with van der Waals surface area (Å²) in [7, 11) is 1.65. The molecule has 1 fully saturated rings. The van der Waals surface area contributed by atoms with E-state index in [0.717, 1.165) is 40.7 Å². The summed E-state index contributed by atoms with van der Waals surface area (Å²) in [5.41, 5.74) is 7.59. The number of benzene rings is 2. The van der Waals surface area contributed by atoms with Crippen molar-refractivity contribution in [2.45, 2.75) is 50.8 Å². The van der Waals surface area contributed by atoms with Gasteiger partial charge in [-0.25, -0.2) is 0 Å².